The Balaban J connectivity index is 1.69. The van der Waals surface area contributed by atoms with Crippen molar-refractivity contribution in [2.75, 3.05) is 19.8 Å². The van der Waals surface area contributed by atoms with E-state index in [-0.39, 0.29) is 24.0 Å². The topological polar surface area (TPSA) is 73.6 Å². The molecule has 3 unspecified atom stereocenters. The fourth-order valence-electron chi connectivity index (χ4n) is 3.68. The highest BCUT2D eigenvalue weighted by atomic mass is 16.5. The van der Waals surface area contributed by atoms with Gasteiger partial charge in [-0.05, 0) is 30.5 Å². The number of hydrogen-bond donors (Lipinski definition) is 1. The smallest absolute Gasteiger partial charge is 0.227 e. The first-order chi connectivity index (χ1) is 11.2. The van der Waals surface area contributed by atoms with E-state index in [0.717, 1.165) is 24.8 Å². The highest BCUT2D eigenvalue weighted by molar-refractivity contribution is 5.79. The van der Waals surface area contributed by atoms with Crippen molar-refractivity contribution in [1.82, 2.24) is 4.90 Å². The molecule has 3 rings (SSSR count). The van der Waals surface area contributed by atoms with Crippen LogP contribution in [0.5, 0.6) is 0 Å². The van der Waals surface area contributed by atoms with E-state index in [1.807, 2.05) is 17.0 Å². The van der Waals surface area contributed by atoms with Crippen LogP contribution < -0.4 is 0 Å². The molecular formula is C18H22N2O3. The minimum Gasteiger partial charge on any atom is -0.393 e. The number of nitriles is 1. The number of aliphatic hydroxyl groups is 1. The number of ether oxygens (including phenoxy) is 1. The van der Waals surface area contributed by atoms with Gasteiger partial charge in [0.05, 0.1) is 43.4 Å². The fourth-order valence-corrected chi connectivity index (χ4v) is 3.68. The van der Waals surface area contributed by atoms with Gasteiger partial charge in [0, 0.05) is 12.5 Å². The van der Waals surface area contributed by atoms with Crippen LogP contribution in [0.15, 0.2) is 24.3 Å². The van der Waals surface area contributed by atoms with E-state index in [1.54, 1.807) is 12.1 Å². The summed E-state index contributed by atoms with van der Waals surface area (Å²) in [5.74, 6) is 0.197. The van der Waals surface area contributed by atoms with Gasteiger partial charge in [0.25, 0.3) is 0 Å². The Morgan fingerprint density at radius 2 is 2.13 bits per heavy atom. The molecule has 1 amide bonds. The van der Waals surface area contributed by atoms with Crippen molar-refractivity contribution in [2.24, 2.45) is 5.92 Å². The molecule has 0 bridgehead atoms. The molecule has 1 N–H and O–H groups in total. The van der Waals surface area contributed by atoms with Gasteiger partial charge in [-0.25, -0.2) is 0 Å². The molecule has 5 heteroatoms. The third kappa shape index (κ3) is 3.54. The van der Waals surface area contributed by atoms with Crippen molar-refractivity contribution in [2.45, 2.75) is 37.8 Å². The largest absolute Gasteiger partial charge is 0.393 e. The summed E-state index contributed by atoms with van der Waals surface area (Å²) >= 11 is 0. The van der Waals surface area contributed by atoms with E-state index in [1.165, 1.54) is 0 Å². The third-order valence-electron chi connectivity index (χ3n) is 4.95. The van der Waals surface area contributed by atoms with Crippen molar-refractivity contribution in [1.29, 1.82) is 5.26 Å². The zero-order chi connectivity index (χ0) is 16.2. The molecule has 0 spiro atoms. The van der Waals surface area contributed by atoms with E-state index in [0.29, 0.717) is 31.7 Å². The average molecular weight is 314 g/mol. The number of carbonyl (C=O) groups excluding carboxylic acids is 1. The molecule has 0 aromatic heterocycles. The van der Waals surface area contributed by atoms with Gasteiger partial charge in [-0.2, -0.15) is 5.26 Å². The SMILES string of the molecule is N#Cc1ccc(CC(=O)N2CCOCC2C2CCCC2O)cc1. The lowest BCUT2D eigenvalue weighted by molar-refractivity contribution is -0.143. The standard InChI is InChI=1S/C18H22N2O3/c19-11-14-6-4-13(5-7-14)10-18(22)20-8-9-23-12-16(20)15-2-1-3-17(15)21/h4-7,15-17,21H,1-3,8-10,12H2. The first kappa shape index (κ1) is 16.0. The first-order valence-corrected chi connectivity index (χ1v) is 8.23. The number of amides is 1. The Bertz CT molecular complexity index is 593. The summed E-state index contributed by atoms with van der Waals surface area (Å²) in [5, 5.41) is 19.0. The molecule has 1 saturated heterocycles. The Labute approximate surface area is 136 Å². The normalized spacial score (nSPS) is 27.7. The molecule has 1 aliphatic carbocycles. The molecule has 1 aromatic carbocycles. The quantitative estimate of drug-likeness (QED) is 0.917. The van der Waals surface area contributed by atoms with Crippen molar-refractivity contribution >= 4 is 5.91 Å². The second-order valence-electron chi connectivity index (χ2n) is 6.38. The summed E-state index contributed by atoms with van der Waals surface area (Å²) in [5.41, 5.74) is 1.51. The van der Waals surface area contributed by atoms with Gasteiger partial charge in [0.1, 0.15) is 0 Å². The second kappa shape index (κ2) is 7.12. The van der Waals surface area contributed by atoms with Crippen molar-refractivity contribution in [3.05, 3.63) is 35.4 Å². The number of benzene rings is 1. The predicted molar refractivity (Wildman–Crippen MR) is 84.5 cm³/mol. The zero-order valence-electron chi connectivity index (χ0n) is 13.1. The molecule has 122 valence electrons. The number of morpholine rings is 1. The van der Waals surface area contributed by atoms with Crippen molar-refractivity contribution < 1.29 is 14.6 Å². The summed E-state index contributed by atoms with van der Waals surface area (Å²) in [4.78, 5) is 14.6. The molecule has 0 radical (unpaired) electrons. The Morgan fingerprint density at radius 1 is 1.35 bits per heavy atom. The molecule has 1 saturated carbocycles. The molecule has 5 nitrogen and oxygen atoms in total. The van der Waals surface area contributed by atoms with Crippen LogP contribution in [-0.4, -0.2) is 47.8 Å². The summed E-state index contributed by atoms with van der Waals surface area (Å²) in [6.45, 7) is 1.66. The summed E-state index contributed by atoms with van der Waals surface area (Å²) < 4.78 is 5.56. The Morgan fingerprint density at radius 3 is 2.78 bits per heavy atom. The molecule has 1 aliphatic heterocycles. The van der Waals surface area contributed by atoms with Crippen LogP contribution in [0.3, 0.4) is 0 Å². The monoisotopic (exact) mass is 314 g/mol. The number of hydrogen-bond acceptors (Lipinski definition) is 4. The first-order valence-electron chi connectivity index (χ1n) is 8.23. The number of rotatable bonds is 3. The average Bonchev–Trinajstić information content (AvgIpc) is 3.01. The van der Waals surface area contributed by atoms with Crippen LogP contribution >= 0.6 is 0 Å². The molecule has 3 atom stereocenters. The molecule has 1 heterocycles. The van der Waals surface area contributed by atoms with Crippen molar-refractivity contribution in [3.63, 3.8) is 0 Å². The van der Waals surface area contributed by atoms with Crippen LogP contribution in [0.25, 0.3) is 0 Å². The minimum absolute atomic E-state index is 0.0212. The number of aliphatic hydroxyl groups excluding tert-OH is 1. The van der Waals surface area contributed by atoms with E-state index < -0.39 is 0 Å². The third-order valence-corrected chi connectivity index (χ3v) is 4.95. The Kier molecular flexibility index (Phi) is 4.94. The van der Waals surface area contributed by atoms with Gasteiger partial charge in [0.15, 0.2) is 0 Å². The maximum absolute atomic E-state index is 12.7. The summed E-state index contributed by atoms with van der Waals surface area (Å²) in [6, 6.07) is 9.19. The van der Waals surface area contributed by atoms with Crippen LogP contribution in [0.1, 0.15) is 30.4 Å². The zero-order valence-corrected chi connectivity index (χ0v) is 13.1. The molecular weight excluding hydrogens is 292 g/mol. The van der Waals surface area contributed by atoms with Gasteiger partial charge >= 0.3 is 0 Å². The van der Waals surface area contributed by atoms with Gasteiger partial charge in [-0.15, -0.1) is 0 Å². The van der Waals surface area contributed by atoms with E-state index in [4.69, 9.17) is 10.00 Å². The minimum atomic E-state index is -0.327. The lowest BCUT2D eigenvalue weighted by atomic mass is 9.93. The van der Waals surface area contributed by atoms with Gasteiger partial charge in [-0.3, -0.25) is 4.79 Å². The Hall–Kier alpha value is -1.90. The molecule has 2 aliphatic rings. The maximum Gasteiger partial charge on any atom is 0.227 e. The van der Waals surface area contributed by atoms with E-state index in [2.05, 4.69) is 6.07 Å². The van der Waals surface area contributed by atoms with Gasteiger partial charge in [0.2, 0.25) is 5.91 Å². The van der Waals surface area contributed by atoms with E-state index in [9.17, 15) is 9.90 Å². The predicted octanol–water partition coefficient (Wildman–Crippen LogP) is 1.49. The second-order valence-corrected chi connectivity index (χ2v) is 6.38. The van der Waals surface area contributed by atoms with Crippen LogP contribution in [0.2, 0.25) is 0 Å². The van der Waals surface area contributed by atoms with Crippen LogP contribution in [0.4, 0.5) is 0 Å². The maximum atomic E-state index is 12.7. The fraction of sp³-hybridized carbons (Fsp3) is 0.556. The lowest BCUT2D eigenvalue weighted by Crippen LogP contribution is -2.54. The summed E-state index contributed by atoms with van der Waals surface area (Å²) in [6.07, 6.45) is 2.78. The molecule has 2 fully saturated rings. The van der Waals surface area contributed by atoms with Gasteiger partial charge < -0.3 is 14.7 Å². The highest BCUT2D eigenvalue weighted by Gasteiger charge is 2.39. The highest BCUT2D eigenvalue weighted by Crippen LogP contribution is 2.32. The number of nitrogens with zero attached hydrogens (tertiary/aromatic N) is 2. The summed E-state index contributed by atoms with van der Waals surface area (Å²) in [7, 11) is 0. The lowest BCUT2D eigenvalue weighted by Gasteiger charge is -2.40. The van der Waals surface area contributed by atoms with Crippen LogP contribution in [-0.2, 0) is 16.0 Å². The van der Waals surface area contributed by atoms with Crippen LogP contribution in [0, 0.1) is 17.2 Å². The molecule has 23 heavy (non-hydrogen) atoms. The molecule has 1 aromatic rings. The number of carbonyl (C=O) groups is 1. The van der Waals surface area contributed by atoms with Gasteiger partial charge in [-0.1, -0.05) is 18.6 Å². The van der Waals surface area contributed by atoms with Crippen molar-refractivity contribution in [3.8, 4) is 6.07 Å². The van der Waals surface area contributed by atoms with E-state index >= 15 is 0 Å².